The van der Waals surface area contributed by atoms with Crippen LogP contribution in [0.25, 0.3) is 0 Å². The van der Waals surface area contributed by atoms with Gasteiger partial charge in [-0.3, -0.25) is 0 Å². The van der Waals surface area contributed by atoms with Gasteiger partial charge in [-0.25, -0.2) is 0 Å². The van der Waals surface area contributed by atoms with E-state index in [4.69, 9.17) is 0 Å². The Hall–Kier alpha value is -0.0500. The van der Waals surface area contributed by atoms with Gasteiger partial charge in [0, 0.05) is 16.4 Å². The van der Waals surface area contributed by atoms with Crippen molar-refractivity contribution in [2.45, 2.75) is 18.4 Å². The Morgan fingerprint density at radius 3 is 2.77 bits per heavy atom. The second kappa shape index (κ2) is 4.45. The van der Waals surface area contributed by atoms with Crippen LogP contribution in [0.3, 0.4) is 0 Å². The van der Waals surface area contributed by atoms with Crippen molar-refractivity contribution in [3.63, 3.8) is 0 Å². The molecule has 1 N–H and O–H groups in total. The highest BCUT2D eigenvalue weighted by Crippen LogP contribution is 2.40. The molecular weight excluding hydrogens is 249 g/mol. The Kier molecular flexibility index (Phi) is 3.77. The standard InChI is InChI=1S/C10H12BrN.ClH/c1-12-10-6-9(10)7-3-2-4-8(11)5-7;/h2-5,9-10,12H,6H2,1H3;1H/t9-,10+;/m0./s1. The van der Waals surface area contributed by atoms with Crippen LogP contribution in [0.1, 0.15) is 17.9 Å². The molecule has 1 saturated carbocycles. The Morgan fingerprint density at radius 2 is 2.23 bits per heavy atom. The summed E-state index contributed by atoms with van der Waals surface area (Å²) in [4.78, 5) is 0. The molecule has 0 radical (unpaired) electrons. The largest absolute Gasteiger partial charge is 0.316 e. The van der Waals surface area contributed by atoms with E-state index in [1.54, 1.807) is 0 Å². The van der Waals surface area contributed by atoms with Crippen molar-refractivity contribution in [2.24, 2.45) is 0 Å². The van der Waals surface area contributed by atoms with E-state index >= 15 is 0 Å². The van der Waals surface area contributed by atoms with Gasteiger partial charge in [-0.05, 0) is 31.2 Å². The fourth-order valence-electron chi connectivity index (χ4n) is 1.62. The predicted molar refractivity (Wildman–Crippen MR) is 61.6 cm³/mol. The summed E-state index contributed by atoms with van der Waals surface area (Å²) < 4.78 is 1.18. The molecule has 1 aliphatic carbocycles. The number of benzene rings is 1. The van der Waals surface area contributed by atoms with Crippen LogP contribution in [0.4, 0.5) is 0 Å². The maximum Gasteiger partial charge on any atom is 0.0178 e. The maximum atomic E-state index is 3.48. The zero-order valence-corrected chi connectivity index (χ0v) is 9.86. The summed E-state index contributed by atoms with van der Waals surface area (Å²) in [6.07, 6.45) is 1.28. The van der Waals surface area contributed by atoms with Gasteiger partial charge in [0.05, 0.1) is 0 Å². The van der Waals surface area contributed by atoms with Crippen molar-refractivity contribution < 1.29 is 0 Å². The molecule has 1 aromatic carbocycles. The summed E-state index contributed by atoms with van der Waals surface area (Å²) in [5, 5.41) is 3.29. The average Bonchev–Trinajstić information content (AvgIpc) is 2.83. The minimum Gasteiger partial charge on any atom is -0.316 e. The highest BCUT2D eigenvalue weighted by atomic mass is 79.9. The molecule has 2 atom stereocenters. The van der Waals surface area contributed by atoms with Gasteiger partial charge >= 0.3 is 0 Å². The van der Waals surface area contributed by atoms with E-state index in [0.29, 0.717) is 6.04 Å². The Morgan fingerprint density at radius 1 is 1.46 bits per heavy atom. The van der Waals surface area contributed by atoms with Crippen LogP contribution in [-0.4, -0.2) is 13.1 Å². The lowest BCUT2D eigenvalue weighted by molar-refractivity contribution is 0.783. The van der Waals surface area contributed by atoms with Crippen molar-refractivity contribution in [3.05, 3.63) is 34.3 Å². The van der Waals surface area contributed by atoms with Crippen LogP contribution in [0.15, 0.2) is 28.7 Å². The van der Waals surface area contributed by atoms with E-state index in [1.165, 1.54) is 16.5 Å². The summed E-state index contributed by atoms with van der Waals surface area (Å²) in [7, 11) is 2.03. The van der Waals surface area contributed by atoms with Gasteiger partial charge in [-0.2, -0.15) is 0 Å². The summed E-state index contributed by atoms with van der Waals surface area (Å²) in [6.45, 7) is 0. The molecule has 0 heterocycles. The fraction of sp³-hybridized carbons (Fsp3) is 0.400. The second-order valence-electron chi connectivity index (χ2n) is 3.29. The minimum atomic E-state index is 0. The number of nitrogens with one attached hydrogen (secondary N) is 1. The number of halogens is 2. The zero-order chi connectivity index (χ0) is 8.55. The number of likely N-dealkylation sites (N-methyl/N-ethyl adjacent to an activating group) is 1. The molecule has 1 nitrogen and oxygen atoms in total. The molecule has 0 spiro atoms. The van der Waals surface area contributed by atoms with Crippen LogP contribution in [0.5, 0.6) is 0 Å². The topological polar surface area (TPSA) is 12.0 Å². The molecule has 13 heavy (non-hydrogen) atoms. The fourth-order valence-corrected chi connectivity index (χ4v) is 2.04. The lowest BCUT2D eigenvalue weighted by atomic mass is 10.1. The molecule has 0 unspecified atom stereocenters. The van der Waals surface area contributed by atoms with Crippen LogP contribution in [0.2, 0.25) is 0 Å². The lowest BCUT2D eigenvalue weighted by Crippen LogP contribution is -2.10. The Labute approximate surface area is 93.5 Å². The van der Waals surface area contributed by atoms with Gasteiger partial charge in [0.2, 0.25) is 0 Å². The van der Waals surface area contributed by atoms with E-state index in [-0.39, 0.29) is 12.4 Å². The predicted octanol–water partition coefficient (Wildman–Crippen LogP) is 2.95. The van der Waals surface area contributed by atoms with Gasteiger partial charge in [0.25, 0.3) is 0 Å². The first-order valence-corrected chi connectivity index (χ1v) is 5.03. The number of hydrogen-bond donors (Lipinski definition) is 1. The SMILES string of the molecule is CN[C@@H]1C[C@H]1c1cccc(Br)c1.Cl. The van der Waals surface area contributed by atoms with Crippen molar-refractivity contribution in [3.8, 4) is 0 Å². The smallest absolute Gasteiger partial charge is 0.0178 e. The summed E-state index contributed by atoms with van der Waals surface area (Å²) in [5.74, 6) is 0.743. The first-order valence-electron chi connectivity index (χ1n) is 4.24. The Balaban J connectivity index is 0.000000845. The van der Waals surface area contributed by atoms with Crippen molar-refractivity contribution in [2.75, 3.05) is 7.05 Å². The molecule has 0 aromatic heterocycles. The van der Waals surface area contributed by atoms with Crippen molar-refractivity contribution in [1.29, 1.82) is 0 Å². The number of rotatable bonds is 2. The molecule has 3 heteroatoms. The highest BCUT2D eigenvalue weighted by molar-refractivity contribution is 9.10. The lowest BCUT2D eigenvalue weighted by Gasteiger charge is -1.99. The molecular formula is C10H13BrClN. The van der Waals surface area contributed by atoms with Crippen LogP contribution in [-0.2, 0) is 0 Å². The molecule has 1 aromatic rings. The van der Waals surface area contributed by atoms with Crippen LogP contribution < -0.4 is 5.32 Å². The first-order chi connectivity index (χ1) is 5.81. The van der Waals surface area contributed by atoms with E-state index in [2.05, 4.69) is 45.5 Å². The van der Waals surface area contributed by atoms with Gasteiger partial charge in [0.1, 0.15) is 0 Å². The molecule has 0 amide bonds. The average molecular weight is 263 g/mol. The third-order valence-electron chi connectivity index (χ3n) is 2.44. The molecule has 0 saturated heterocycles. The third kappa shape index (κ3) is 2.46. The van der Waals surface area contributed by atoms with Crippen LogP contribution in [0, 0.1) is 0 Å². The minimum absolute atomic E-state index is 0. The van der Waals surface area contributed by atoms with Crippen LogP contribution >= 0.6 is 28.3 Å². The van der Waals surface area contributed by atoms with Gasteiger partial charge in [-0.1, -0.05) is 28.1 Å². The highest BCUT2D eigenvalue weighted by Gasteiger charge is 2.36. The monoisotopic (exact) mass is 261 g/mol. The zero-order valence-electron chi connectivity index (χ0n) is 7.46. The van der Waals surface area contributed by atoms with Gasteiger partial charge < -0.3 is 5.32 Å². The van der Waals surface area contributed by atoms with E-state index in [1.807, 2.05) is 7.05 Å². The third-order valence-corrected chi connectivity index (χ3v) is 2.93. The van der Waals surface area contributed by atoms with E-state index in [9.17, 15) is 0 Å². The van der Waals surface area contributed by atoms with E-state index < -0.39 is 0 Å². The molecule has 1 fully saturated rings. The number of hydrogen-bond acceptors (Lipinski definition) is 1. The van der Waals surface area contributed by atoms with Crippen molar-refractivity contribution >= 4 is 28.3 Å². The maximum absolute atomic E-state index is 3.48. The molecule has 1 aliphatic rings. The second-order valence-corrected chi connectivity index (χ2v) is 4.21. The Bertz CT molecular complexity index is 290. The molecule has 0 bridgehead atoms. The van der Waals surface area contributed by atoms with E-state index in [0.717, 1.165) is 5.92 Å². The summed E-state index contributed by atoms with van der Waals surface area (Å²) in [5.41, 5.74) is 1.45. The van der Waals surface area contributed by atoms with Crippen molar-refractivity contribution in [1.82, 2.24) is 5.32 Å². The molecule has 2 rings (SSSR count). The quantitative estimate of drug-likeness (QED) is 0.864. The normalized spacial score (nSPS) is 25.1. The van der Waals surface area contributed by atoms with Gasteiger partial charge in [-0.15, -0.1) is 12.4 Å². The molecule has 0 aliphatic heterocycles. The van der Waals surface area contributed by atoms with Gasteiger partial charge in [0.15, 0.2) is 0 Å². The first kappa shape index (κ1) is 11.0. The molecule has 72 valence electrons. The summed E-state index contributed by atoms with van der Waals surface area (Å²) in [6, 6.07) is 9.29. The summed E-state index contributed by atoms with van der Waals surface area (Å²) >= 11 is 3.48.